The Morgan fingerprint density at radius 2 is 1.84 bits per heavy atom. The second-order valence-corrected chi connectivity index (χ2v) is 5.14. The fourth-order valence-electron chi connectivity index (χ4n) is 2.09. The van der Waals surface area contributed by atoms with E-state index in [1.807, 2.05) is 48.5 Å². The maximum Gasteiger partial charge on any atom is 0.237 e. The Morgan fingerprint density at radius 3 is 2.68 bits per heavy atom. The molecule has 0 fully saturated rings. The van der Waals surface area contributed by atoms with E-state index in [2.05, 4.69) is 26.2 Å². The zero-order valence-corrected chi connectivity index (χ0v) is 11.6. The molecule has 1 amide bonds. The summed E-state index contributed by atoms with van der Waals surface area (Å²) in [5, 5.41) is 2.86. The number of hydrogen-bond donors (Lipinski definition) is 1. The minimum atomic E-state index is -0.316. The normalized spacial score (nSPS) is 17.5. The van der Waals surface area contributed by atoms with Crippen molar-refractivity contribution in [2.75, 3.05) is 5.32 Å². The van der Waals surface area contributed by atoms with Crippen LogP contribution in [0.4, 0.5) is 11.4 Å². The van der Waals surface area contributed by atoms with Gasteiger partial charge in [0.2, 0.25) is 5.91 Å². The van der Waals surface area contributed by atoms with Gasteiger partial charge in [-0.25, -0.2) is 0 Å². The van der Waals surface area contributed by atoms with Crippen LogP contribution in [-0.2, 0) is 4.79 Å². The molecule has 3 nitrogen and oxygen atoms in total. The standard InChI is InChI=1S/C15H11BrN2O/c16-12-6-2-4-8-14(12)17-9-11-10-5-1-3-7-13(10)18-15(11)19/h1-9,11H,(H,18,19). The van der Waals surface area contributed by atoms with Crippen molar-refractivity contribution in [3.05, 3.63) is 58.6 Å². The quantitative estimate of drug-likeness (QED) is 0.839. The molecule has 0 radical (unpaired) electrons. The van der Waals surface area contributed by atoms with Crippen LogP contribution in [0.15, 0.2) is 58.0 Å². The number of anilines is 1. The van der Waals surface area contributed by atoms with Crippen LogP contribution in [-0.4, -0.2) is 12.1 Å². The molecule has 0 bridgehead atoms. The van der Waals surface area contributed by atoms with E-state index in [4.69, 9.17) is 0 Å². The molecular formula is C15H11BrN2O. The second kappa shape index (κ2) is 4.97. The molecule has 2 aromatic rings. The van der Waals surface area contributed by atoms with Crippen LogP contribution in [0.5, 0.6) is 0 Å². The van der Waals surface area contributed by atoms with Crippen molar-refractivity contribution in [2.45, 2.75) is 5.92 Å². The predicted octanol–water partition coefficient (Wildman–Crippen LogP) is 3.89. The molecule has 1 unspecified atom stereocenters. The Morgan fingerprint density at radius 1 is 1.11 bits per heavy atom. The third kappa shape index (κ3) is 2.31. The average Bonchev–Trinajstić information content (AvgIpc) is 2.74. The number of benzene rings is 2. The van der Waals surface area contributed by atoms with Gasteiger partial charge in [-0.05, 0) is 39.7 Å². The first kappa shape index (κ1) is 12.1. The number of carbonyl (C=O) groups is 1. The highest BCUT2D eigenvalue weighted by molar-refractivity contribution is 9.10. The summed E-state index contributed by atoms with van der Waals surface area (Å²) in [4.78, 5) is 16.3. The highest BCUT2D eigenvalue weighted by Gasteiger charge is 2.28. The SMILES string of the molecule is O=C1Nc2ccccc2C1C=Nc1ccccc1Br. The zero-order chi connectivity index (χ0) is 13.2. The van der Waals surface area contributed by atoms with E-state index >= 15 is 0 Å². The van der Waals surface area contributed by atoms with Crippen molar-refractivity contribution in [3.63, 3.8) is 0 Å². The van der Waals surface area contributed by atoms with Gasteiger partial charge in [-0.15, -0.1) is 0 Å². The van der Waals surface area contributed by atoms with E-state index in [1.54, 1.807) is 6.21 Å². The van der Waals surface area contributed by atoms with Gasteiger partial charge < -0.3 is 5.32 Å². The van der Waals surface area contributed by atoms with Gasteiger partial charge >= 0.3 is 0 Å². The molecule has 94 valence electrons. The van der Waals surface area contributed by atoms with Crippen LogP contribution in [0.25, 0.3) is 0 Å². The van der Waals surface area contributed by atoms with Gasteiger partial charge in [-0.3, -0.25) is 9.79 Å². The van der Waals surface area contributed by atoms with Gasteiger partial charge in [0.1, 0.15) is 5.92 Å². The largest absolute Gasteiger partial charge is 0.325 e. The first-order valence-corrected chi connectivity index (χ1v) is 6.73. The Kier molecular flexibility index (Phi) is 3.17. The van der Waals surface area contributed by atoms with Crippen molar-refractivity contribution >= 4 is 39.4 Å². The number of aliphatic imine (C=N–C) groups is 1. The van der Waals surface area contributed by atoms with Gasteiger partial charge in [-0.1, -0.05) is 30.3 Å². The van der Waals surface area contributed by atoms with Gasteiger partial charge in [0.15, 0.2) is 0 Å². The lowest BCUT2D eigenvalue weighted by atomic mass is 10.0. The van der Waals surface area contributed by atoms with E-state index in [-0.39, 0.29) is 11.8 Å². The number of halogens is 1. The topological polar surface area (TPSA) is 41.5 Å². The molecule has 0 spiro atoms. The summed E-state index contributed by atoms with van der Waals surface area (Å²) in [5.74, 6) is -0.347. The fourth-order valence-corrected chi connectivity index (χ4v) is 2.48. The van der Waals surface area contributed by atoms with Crippen LogP contribution in [0.2, 0.25) is 0 Å². The van der Waals surface area contributed by atoms with Crippen molar-refractivity contribution in [1.29, 1.82) is 0 Å². The molecule has 0 aromatic heterocycles. The summed E-state index contributed by atoms with van der Waals surface area (Å²) < 4.78 is 0.915. The van der Waals surface area contributed by atoms with E-state index in [9.17, 15) is 4.79 Å². The highest BCUT2D eigenvalue weighted by Crippen LogP contribution is 2.32. The van der Waals surface area contributed by atoms with Crippen molar-refractivity contribution in [3.8, 4) is 0 Å². The van der Waals surface area contributed by atoms with Gasteiger partial charge in [0.05, 0.1) is 5.69 Å². The summed E-state index contributed by atoms with van der Waals surface area (Å²) in [6, 6.07) is 15.4. The van der Waals surface area contributed by atoms with Crippen LogP contribution >= 0.6 is 15.9 Å². The molecule has 0 saturated heterocycles. The summed E-state index contributed by atoms with van der Waals surface area (Å²) in [6.07, 6.45) is 1.70. The Balaban J connectivity index is 1.92. The van der Waals surface area contributed by atoms with Gasteiger partial charge in [-0.2, -0.15) is 0 Å². The highest BCUT2D eigenvalue weighted by atomic mass is 79.9. The molecule has 0 aliphatic carbocycles. The molecular weight excluding hydrogens is 304 g/mol. The average molecular weight is 315 g/mol. The van der Waals surface area contributed by atoms with Crippen LogP contribution in [0.1, 0.15) is 11.5 Å². The lowest BCUT2D eigenvalue weighted by Crippen LogP contribution is -2.12. The summed E-state index contributed by atoms with van der Waals surface area (Å²) in [7, 11) is 0. The number of amides is 1. The minimum absolute atomic E-state index is 0.0306. The van der Waals surface area contributed by atoms with E-state index in [0.717, 1.165) is 21.4 Å². The zero-order valence-electron chi connectivity index (χ0n) is 10.0. The summed E-state index contributed by atoms with van der Waals surface area (Å²) in [5.41, 5.74) is 2.67. The number of nitrogens with one attached hydrogen (secondary N) is 1. The van der Waals surface area contributed by atoms with Crippen molar-refractivity contribution < 1.29 is 4.79 Å². The third-order valence-corrected chi connectivity index (χ3v) is 3.72. The predicted molar refractivity (Wildman–Crippen MR) is 80.1 cm³/mol. The molecule has 3 rings (SSSR count). The molecule has 1 atom stereocenters. The molecule has 1 N–H and O–H groups in total. The monoisotopic (exact) mass is 314 g/mol. The number of hydrogen-bond acceptors (Lipinski definition) is 2. The van der Waals surface area contributed by atoms with Gasteiger partial charge in [0, 0.05) is 16.4 Å². The molecule has 0 saturated carbocycles. The number of fused-ring (bicyclic) bond motifs is 1. The molecule has 1 aliphatic heterocycles. The van der Waals surface area contributed by atoms with E-state index in [1.165, 1.54) is 0 Å². The fraction of sp³-hybridized carbons (Fsp3) is 0.0667. The van der Waals surface area contributed by atoms with Crippen molar-refractivity contribution in [2.24, 2.45) is 4.99 Å². The molecule has 19 heavy (non-hydrogen) atoms. The Bertz CT molecular complexity index is 667. The molecule has 1 heterocycles. The molecule has 2 aromatic carbocycles. The summed E-state index contributed by atoms with van der Waals surface area (Å²) >= 11 is 3.44. The van der Waals surface area contributed by atoms with E-state index in [0.29, 0.717) is 0 Å². The Labute approximate surface area is 119 Å². The number of para-hydroxylation sites is 2. The maximum atomic E-state index is 11.9. The van der Waals surface area contributed by atoms with Crippen LogP contribution < -0.4 is 5.32 Å². The Hall–Kier alpha value is -1.94. The van der Waals surface area contributed by atoms with Crippen LogP contribution in [0, 0.1) is 0 Å². The third-order valence-electron chi connectivity index (χ3n) is 3.05. The van der Waals surface area contributed by atoms with Crippen molar-refractivity contribution in [1.82, 2.24) is 0 Å². The maximum absolute atomic E-state index is 11.9. The van der Waals surface area contributed by atoms with E-state index < -0.39 is 0 Å². The number of nitrogens with zero attached hydrogens (tertiary/aromatic N) is 1. The number of rotatable bonds is 2. The lowest BCUT2D eigenvalue weighted by Gasteiger charge is -2.02. The first-order chi connectivity index (χ1) is 9.25. The smallest absolute Gasteiger partial charge is 0.237 e. The second-order valence-electron chi connectivity index (χ2n) is 4.28. The lowest BCUT2D eigenvalue weighted by molar-refractivity contribution is -0.115. The molecule has 1 aliphatic rings. The van der Waals surface area contributed by atoms with Crippen LogP contribution in [0.3, 0.4) is 0 Å². The summed E-state index contributed by atoms with van der Waals surface area (Å²) in [6.45, 7) is 0. The molecule has 4 heteroatoms. The number of carbonyl (C=O) groups excluding carboxylic acids is 1. The minimum Gasteiger partial charge on any atom is -0.325 e. The first-order valence-electron chi connectivity index (χ1n) is 5.94. The van der Waals surface area contributed by atoms with Gasteiger partial charge in [0.25, 0.3) is 0 Å².